The summed E-state index contributed by atoms with van der Waals surface area (Å²) in [6.45, 7) is 7.96. The molecular formula is C45H25N5. The molecule has 0 amide bonds. The Kier molecular flexibility index (Phi) is 6.56. The van der Waals surface area contributed by atoms with E-state index in [1.165, 1.54) is 0 Å². The molecule has 0 unspecified atom stereocenters. The summed E-state index contributed by atoms with van der Waals surface area (Å²) in [6, 6.07) is 55.5. The highest BCUT2D eigenvalue weighted by molar-refractivity contribution is 6.13. The van der Waals surface area contributed by atoms with Crippen molar-refractivity contribution in [2.24, 2.45) is 0 Å². The SMILES string of the molecule is [C-]#[N+]c1cccc2c3ccccc3n(-c3cccc(-c4ccccc4-c4cc(C#N)ccc4-n4c5ccccc5c5cc(C#N)ccc54)c3)c12. The Morgan fingerprint density at radius 1 is 0.480 bits per heavy atom. The minimum atomic E-state index is 0.566. The summed E-state index contributed by atoms with van der Waals surface area (Å²) < 4.78 is 4.43. The Balaban J connectivity index is 1.29. The zero-order valence-corrected chi connectivity index (χ0v) is 26.7. The van der Waals surface area contributed by atoms with Crippen LogP contribution in [-0.2, 0) is 0 Å². The van der Waals surface area contributed by atoms with Crippen molar-refractivity contribution in [3.8, 4) is 45.8 Å². The molecule has 0 aliphatic carbocycles. The van der Waals surface area contributed by atoms with Crippen LogP contribution >= 0.6 is 0 Å². The van der Waals surface area contributed by atoms with E-state index < -0.39 is 0 Å². The zero-order valence-electron chi connectivity index (χ0n) is 26.7. The molecule has 0 N–H and O–H groups in total. The highest BCUT2D eigenvalue weighted by atomic mass is 15.0. The van der Waals surface area contributed by atoms with E-state index in [4.69, 9.17) is 6.57 Å². The fraction of sp³-hybridized carbons (Fsp3) is 0. The van der Waals surface area contributed by atoms with E-state index in [0.717, 1.165) is 77.2 Å². The van der Waals surface area contributed by atoms with Crippen LogP contribution in [0.25, 0.3) is 82.1 Å². The van der Waals surface area contributed by atoms with Crippen LogP contribution in [0.3, 0.4) is 0 Å². The van der Waals surface area contributed by atoms with Gasteiger partial charge < -0.3 is 9.13 Å². The van der Waals surface area contributed by atoms with Gasteiger partial charge in [0, 0.05) is 27.4 Å². The minimum absolute atomic E-state index is 0.566. The van der Waals surface area contributed by atoms with Crippen LogP contribution in [0.4, 0.5) is 5.69 Å². The Morgan fingerprint density at radius 2 is 1.10 bits per heavy atom. The van der Waals surface area contributed by atoms with Gasteiger partial charge in [-0.1, -0.05) is 91.0 Å². The molecule has 0 fully saturated rings. The van der Waals surface area contributed by atoms with Gasteiger partial charge in [-0.2, -0.15) is 10.5 Å². The topological polar surface area (TPSA) is 61.8 Å². The van der Waals surface area contributed by atoms with Crippen LogP contribution in [0, 0.1) is 29.2 Å². The van der Waals surface area contributed by atoms with Gasteiger partial charge in [-0.3, -0.25) is 0 Å². The summed E-state index contributed by atoms with van der Waals surface area (Å²) in [5.74, 6) is 0. The number of rotatable bonds is 4. The predicted molar refractivity (Wildman–Crippen MR) is 202 cm³/mol. The van der Waals surface area contributed by atoms with Crippen molar-refractivity contribution in [1.82, 2.24) is 9.13 Å². The second-order valence-electron chi connectivity index (χ2n) is 12.3. The highest BCUT2D eigenvalue weighted by Gasteiger charge is 2.20. The Hall–Kier alpha value is -7.39. The molecule has 2 aromatic heterocycles. The molecule has 9 rings (SSSR count). The van der Waals surface area contributed by atoms with E-state index >= 15 is 0 Å². The van der Waals surface area contributed by atoms with Crippen LogP contribution in [0.1, 0.15) is 11.1 Å². The van der Waals surface area contributed by atoms with E-state index in [1.807, 2.05) is 84.9 Å². The van der Waals surface area contributed by atoms with Crippen molar-refractivity contribution < 1.29 is 0 Å². The van der Waals surface area contributed by atoms with Crippen LogP contribution in [0.2, 0.25) is 0 Å². The highest BCUT2D eigenvalue weighted by Crippen LogP contribution is 2.42. The van der Waals surface area contributed by atoms with E-state index in [-0.39, 0.29) is 0 Å². The molecule has 7 aromatic carbocycles. The smallest absolute Gasteiger partial charge is 0.211 e. The molecule has 230 valence electrons. The maximum Gasteiger partial charge on any atom is 0.211 e. The molecule has 2 heterocycles. The lowest BCUT2D eigenvalue weighted by molar-refractivity contribution is 1.18. The summed E-state index contributed by atoms with van der Waals surface area (Å²) in [6.07, 6.45) is 0. The van der Waals surface area contributed by atoms with E-state index in [0.29, 0.717) is 16.8 Å². The average molecular weight is 636 g/mol. The Morgan fingerprint density at radius 3 is 1.88 bits per heavy atom. The third-order valence-electron chi connectivity index (χ3n) is 9.59. The maximum atomic E-state index is 10.1. The molecule has 0 bridgehead atoms. The van der Waals surface area contributed by atoms with Crippen LogP contribution in [-0.4, -0.2) is 9.13 Å². The van der Waals surface area contributed by atoms with Gasteiger partial charge in [0.1, 0.15) is 0 Å². The zero-order chi connectivity index (χ0) is 33.8. The first-order chi connectivity index (χ1) is 24.7. The molecule has 0 aliphatic rings. The minimum Gasteiger partial charge on any atom is -0.319 e. The number of fused-ring (bicyclic) bond motifs is 6. The first-order valence-corrected chi connectivity index (χ1v) is 16.3. The summed E-state index contributed by atoms with van der Waals surface area (Å²) >= 11 is 0. The first-order valence-electron chi connectivity index (χ1n) is 16.3. The lowest BCUT2D eigenvalue weighted by Gasteiger charge is -2.18. The van der Waals surface area contributed by atoms with Gasteiger partial charge in [0.25, 0.3) is 0 Å². The van der Waals surface area contributed by atoms with Crippen molar-refractivity contribution >= 4 is 49.3 Å². The number of nitriles is 2. The average Bonchev–Trinajstić information content (AvgIpc) is 3.70. The van der Waals surface area contributed by atoms with Crippen LogP contribution in [0.5, 0.6) is 0 Å². The second-order valence-corrected chi connectivity index (χ2v) is 12.3. The molecule has 5 heteroatoms. The van der Waals surface area contributed by atoms with Crippen molar-refractivity contribution in [2.75, 3.05) is 0 Å². The van der Waals surface area contributed by atoms with Crippen LogP contribution in [0.15, 0.2) is 152 Å². The summed E-state index contributed by atoms with van der Waals surface area (Å²) in [5.41, 5.74) is 11.6. The van der Waals surface area contributed by atoms with E-state index in [1.54, 1.807) is 0 Å². The predicted octanol–water partition coefficient (Wildman–Crippen LogP) is 11.5. The quantitative estimate of drug-likeness (QED) is 0.181. The number of benzene rings is 7. The van der Waals surface area contributed by atoms with Crippen molar-refractivity contribution in [3.63, 3.8) is 0 Å². The lowest BCUT2D eigenvalue weighted by Crippen LogP contribution is -1.99. The van der Waals surface area contributed by atoms with Gasteiger partial charge in [0.05, 0.1) is 57.6 Å². The molecule has 0 atom stereocenters. The number of aromatic nitrogens is 2. The lowest BCUT2D eigenvalue weighted by atomic mass is 9.92. The van der Waals surface area contributed by atoms with Crippen molar-refractivity contribution in [2.45, 2.75) is 0 Å². The summed E-state index contributed by atoms with van der Waals surface area (Å²) in [5, 5.41) is 24.0. The van der Waals surface area contributed by atoms with Gasteiger partial charge >= 0.3 is 0 Å². The van der Waals surface area contributed by atoms with Gasteiger partial charge in [-0.25, -0.2) is 4.85 Å². The molecule has 0 spiro atoms. The molecule has 50 heavy (non-hydrogen) atoms. The van der Waals surface area contributed by atoms with Gasteiger partial charge in [-0.05, 0) is 82.7 Å². The van der Waals surface area contributed by atoms with Crippen molar-refractivity contribution in [3.05, 3.63) is 174 Å². The Labute approximate surface area is 288 Å². The number of para-hydroxylation sites is 3. The van der Waals surface area contributed by atoms with Crippen LogP contribution < -0.4 is 0 Å². The molecule has 0 radical (unpaired) electrons. The van der Waals surface area contributed by atoms with Gasteiger partial charge in [0.2, 0.25) is 5.69 Å². The monoisotopic (exact) mass is 635 g/mol. The molecule has 0 saturated heterocycles. The third kappa shape index (κ3) is 4.31. The summed E-state index contributed by atoms with van der Waals surface area (Å²) in [4.78, 5) is 3.90. The molecule has 0 aliphatic heterocycles. The second kappa shape index (κ2) is 11.4. The standard InChI is InChI=1S/C45H25N5/c1-48-40-17-9-16-37-35-14-4-6-18-41(35)49(45(37)40)32-11-8-10-31(26-32)33-12-2-3-13-34(33)38-24-29(27-46)20-22-43(38)50-42-19-7-5-15-36(42)39-25-30(28-47)21-23-44(39)50/h2-26H. The number of hydrogen-bond acceptors (Lipinski definition) is 2. The fourth-order valence-corrected chi connectivity index (χ4v) is 7.46. The molecule has 9 aromatic rings. The fourth-order valence-electron chi connectivity index (χ4n) is 7.46. The van der Waals surface area contributed by atoms with Gasteiger partial charge in [-0.15, -0.1) is 0 Å². The molecule has 0 saturated carbocycles. The van der Waals surface area contributed by atoms with E-state index in [9.17, 15) is 10.5 Å². The van der Waals surface area contributed by atoms with E-state index in [2.05, 4.69) is 92.8 Å². The number of hydrogen-bond donors (Lipinski definition) is 0. The maximum absolute atomic E-state index is 10.1. The Bertz CT molecular complexity index is 2970. The normalized spacial score (nSPS) is 11.1. The number of nitrogens with zero attached hydrogens (tertiary/aromatic N) is 5. The largest absolute Gasteiger partial charge is 0.319 e. The summed E-state index contributed by atoms with van der Waals surface area (Å²) in [7, 11) is 0. The first kappa shape index (κ1) is 28.8. The molecule has 5 nitrogen and oxygen atoms in total. The third-order valence-corrected chi connectivity index (χ3v) is 9.59. The van der Waals surface area contributed by atoms with Crippen molar-refractivity contribution in [1.29, 1.82) is 10.5 Å². The molecular weight excluding hydrogens is 611 g/mol. The van der Waals surface area contributed by atoms with Gasteiger partial charge in [0.15, 0.2) is 0 Å².